The van der Waals surface area contributed by atoms with Gasteiger partial charge in [-0.2, -0.15) is 8.42 Å². The Morgan fingerprint density at radius 2 is 1.32 bits per heavy atom. The molecule has 0 aliphatic heterocycles. The van der Waals surface area contributed by atoms with Crippen LogP contribution >= 0.6 is 0 Å². The molecule has 0 rings (SSSR count). The van der Waals surface area contributed by atoms with Gasteiger partial charge in [-0.3, -0.25) is 18.6 Å². The number of carbonyl (C=O) groups excluding carboxylic acids is 3. The monoisotopic (exact) mass is 427 g/mol. The normalized spacial score (nSPS) is 12.9. The first kappa shape index (κ1) is 26.2. The Labute approximate surface area is 164 Å². The van der Waals surface area contributed by atoms with E-state index in [-0.39, 0.29) is 52.2 Å². The van der Waals surface area contributed by atoms with Crippen LogP contribution in [0.1, 0.15) is 34.1 Å². The van der Waals surface area contributed by atoms with Gasteiger partial charge in [0.1, 0.15) is 25.4 Å². The van der Waals surface area contributed by atoms with E-state index in [1.54, 1.807) is 0 Å². The largest absolute Gasteiger partial charge is 0.466 e. The summed E-state index contributed by atoms with van der Waals surface area (Å²) in [6.45, 7) is 5.37. The van der Waals surface area contributed by atoms with E-state index in [0.29, 0.717) is 0 Å². The van der Waals surface area contributed by atoms with E-state index in [2.05, 4.69) is 19.5 Å². The maximum atomic E-state index is 12.3. The highest BCUT2D eigenvalue weighted by Crippen LogP contribution is 2.25. The molecule has 11 nitrogen and oxygen atoms in total. The van der Waals surface area contributed by atoms with Crippen LogP contribution in [0.15, 0.2) is 0 Å². The third-order valence-corrected chi connectivity index (χ3v) is 4.76. The van der Waals surface area contributed by atoms with Gasteiger partial charge in [-0.15, -0.1) is 0 Å². The van der Waals surface area contributed by atoms with Gasteiger partial charge in [0.15, 0.2) is 0 Å². The average Bonchev–Trinajstić information content (AvgIpc) is 2.52. The molecule has 0 aliphatic rings. The second-order valence-electron chi connectivity index (χ2n) is 7.52. The number of hydrogen-bond donors (Lipinski definition) is 2. The number of ether oxygens (including phenoxy) is 3. The van der Waals surface area contributed by atoms with Gasteiger partial charge in [-0.05, 0) is 27.7 Å². The Kier molecular flexibility index (Phi) is 10.6. The lowest BCUT2D eigenvalue weighted by Gasteiger charge is -2.32. The first-order valence-corrected chi connectivity index (χ1v) is 9.95. The highest BCUT2D eigenvalue weighted by atomic mass is 32.2. The van der Waals surface area contributed by atoms with Crippen molar-refractivity contribution < 1.29 is 46.3 Å². The number of aliphatic hydroxyl groups is 1. The van der Waals surface area contributed by atoms with Crippen LogP contribution in [0, 0.1) is 0 Å². The molecular formula is C16H29NO10S. The molecule has 0 aliphatic carbocycles. The van der Waals surface area contributed by atoms with Crippen molar-refractivity contribution in [2.45, 2.75) is 50.9 Å². The van der Waals surface area contributed by atoms with Gasteiger partial charge >= 0.3 is 0 Å². The lowest BCUT2D eigenvalue weighted by molar-refractivity contribution is -0.140. The molecule has 0 aromatic carbocycles. The van der Waals surface area contributed by atoms with Crippen LogP contribution < -0.4 is 5.32 Å². The Hall–Kier alpha value is -1.76. The number of carbonyl (C=O) groups is 3. The molecule has 28 heavy (non-hydrogen) atoms. The summed E-state index contributed by atoms with van der Waals surface area (Å²) in [5.41, 5.74) is -3.60. The molecule has 0 heterocycles. The maximum absolute atomic E-state index is 12.3. The van der Waals surface area contributed by atoms with Gasteiger partial charge in [0.25, 0.3) is 29.5 Å². The Morgan fingerprint density at radius 3 is 1.68 bits per heavy atom. The van der Waals surface area contributed by atoms with E-state index in [0.717, 1.165) is 0 Å². The van der Waals surface area contributed by atoms with Crippen molar-refractivity contribution in [2.75, 3.05) is 32.1 Å². The average molecular weight is 427 g/mol. The summed E-state index contributed by atoms with van der Waals surface area (Å²) < 4.78 is 43.7. The summed E-state index contributed by atoms with van der Waals surface area (Å²) in [5, 5.41) is 12.6. The maximum Gasteiger partial charge on any atom is 0.293 e. The topological polar surface area (TPSA) is 155 Å². The van der Waals surface area contributed by atoms with Crippen LogP contribution in [-0.2, 0) is 42.9 Å². The van der Waals surface area contributed by atoms with E-state index in [9.17, 15) is 27.9 Å². The van der Waals surface area contributed by atoms with Gasteiger partial charge in [-0.1, -0.05) is 0 Å². The SMILES string of the molecule is CC(C)(O)CC(C)(C)OS(=O)(=O)CCNC(COC=O)(COC=O)COC=O. The Balaban J connectivity index is 5.04. The van der Waals surface area contributed by atoms with Crippen molar-refractivity contribution in [3.05, 3.63) is 0 Å². The fraction of sp³-hybridized carbons (Fsp3) is 0.812. The summed E-state index contributed by atoms with van der Waals surface area (Å²) in [6, 6.07) is 0. The minimum atomic E-state index is -4.00. The summed E-state index contributed by atoms with van der Waals surface area (Å²) in [6.07, 6.45) is 0.0735. The summed E-state index contributed by atoms with van der Waals surface area (Å²) in [4.78, 5) is 31.5. The predicted molar refractivity (Wildman–Crippen MR) is 96.6 cm³/mol. The zero-order chi connectivity index (χ0) is 21.9. The molecule has 0 saturated heterocycles. The fourth-order valence-electron chi connectivity index (χ4n) is 2.76. The van der Waals surface area contributed by atoms with Crippen molar-refractivity contribution in [1.82, 2.24) is 5.32 Å². The molecule has 0 unspecified atom stereocenters. The van der Waals surface area contributed by atoms with Crippen molar-refractivity contribution in [3.63, 3.8) is 0 Å². The van der Waals surface area contributed by atoms with Crippen LogP contribution in [0.3, 0.4) is 0 Å². The van der Waals surface area contributed by atoms with Crippen LogP contribution in [0.4, 0.5) is 0 Å². The molecule has 0 aromatic heterocycles. The molecule has 164 valence electrons. The molecule has 0 aromatic rings. The number of nitrogens with one attached hydrogen (secondary N) is 1. The van der Waals surface area contributed by atoms with E-state index in [4.69, 9.17) is 4.18 Å². The minimum Gasteiger partial charge on any atom is -0.466 e. The highest BCUT2D eigenvalue weighted by molar-refractivity contribution is 7.86. The van der Waals surface area contributed by atoms with Crippen molar-refractivity contribution in [2.24, 2.45) is 0 Å². The summed E-state index contributed by atoms with van der Waals surface area (Å²) >= 11 is 0. The zero-order valence-corrected chi connectivity index (χ0v) is 17.3. The van der Waals surface area contributed by atoms with Gasteiger partial charge in [-0.25, -0.2) is 0 Å². The highest BCUT2D eigenvalue weighted by Gasteiger charge is 2.35. The second kappa shape index (κ2) is 11.3. The van der Waals surface area contributed by atoms with E-state index in [1.165, 1.54) is 27.7 Å². The first-order chi connectivity index (χ1) is 12.8. The van der Waals surface area contributed by atoms with Crippen LogP contribution in [0.25, 0.3) is 0 Å². The molecule has 2 N–H and O–H groups in total. The van der Waals surface area contributed by atoms with Crippen LogP contribution in [0.5, 0.6) is 0 Å². The van der Waals surface area contributed by atoms with E-state index >= 15 is 0 Å². The van der Waals surface area contributed by atoms with E-state index < -0.39 is 32.6 Å². The van der Waals surface area contributed by atoms with Gasteiger partial charge < -0.3 is 24.6 Å². The second-order valence-corrected chi connectivity index (χ2v) is 9.21. The molecule has 0 atom stereocenters. The molecule has 0 radical (unpaired) electrons. The molecule has 0 fully saturated rings. The molecule has 12 heteroatoms. The quantitative estimate of drug-likeness (QED) is 0.169. The molecule has 0 bridgehead atoms. The van der Waals surface area contributed by atoms with Crippen molar-refractivity contribution in [3.8, 4) is 0 Å². The van der Waals surface area contributed by atoms with Crippen LogP contribution in [0.2, 0.25) is 0 Å². The van der Waals surface area contributed by atoms with Gasteiger partial charge in [0.2, 0.25) is 0 Å². The van der Waals surface area contributed by atoms with Crippen molar-refractivity contribution in [1.29, 1.82) is 0 Å². The molecule has 0 amide bonds. The third-order valence-electron chi connectivity index (χ3n) is 3.35. The lowest BCUT2D eigenvalue weighted by atomic mass is 9.93. The smallest absolute Gasteiger partial charge is 0.293 e. The number of hydrogen-bond acceptors (Lipinski definition) is 11. The zero-order valence-electron chi connectivity index (χ0n) is 16.5. The van der Waals surface area contributed by atoms with Gasteiger partial charge in [0.05, 0.1) is 17.0 Å². The summed E-state index contributed by atoms with van der Waals surface area (Å²) in [7, 11) is -4.00. The minimum absolute atomic E-state index is 0.0735. The Morgan fingerprint density at radius 1 is 0.893 bits per heavy atom. The predicted octanol–water partition coefficient (Wildman–Crippen LogP) is -0.880. The molecule has 0 saturated carbocycles. The summed E-state index contributed by atoms with van der Waals surface area (Å²) in [5.74, 6) is -0.479. The molecule has 0 spiro atoms. The van der Waals surface area contributed by atoms with Crippen LogP contribution in [-0.4, -0.2) is 81.8 Å². The van der Waals surface area contributed by atoms with Crippen molar-refractivity contribution >= 4 is 29.5 Å². The standard InChI is InChI=1S/C16H29NO10S/c1-14(2,21)7-15(3,4)27-28(22,23)6-5-17-16(8-24-11-18,9-25-12-19)10-26-13-20/h11-13,17,21H,5-10H2,1-4H3. The Bertz CT molecular complexity index is 566. The van der Waals surface area contributed by atoms with E-state index in [1.807, 2.05) is 0 Å². The number of rotatable bonds is 17. The third kappa shape index (κ3) is 11.8. The first-order valence-electron chi connectivity index (χ1n) is 8.37. The van der Waals surface area contributed by atoms with Gasteiger partial charge in [0, 0.05) is 13.0 Å². The lowest BCUT2D eigenvalue weighted by Crippen LogP contribution is -2.57. The molecular weight excluding hydrogens is 398 g/mol. The fourth-order valence-corrected chi connectivity index (χ4v) is 3.94.